The fraction of sp³-hybridized carbons (Fsp3) is 0.571. The molecule has 0 saturated carbocycles. The molecule has 0 heterocycles. The van der Waals surface area contributed by atoms with E-state index in [1.807, 2.05) is 0 Å². The minimum absolute atomic E-state index is 0.191. The third-order valence-electron chi connectivity index (χ3n) is 3.69. The van der Waals surface area contributed by atoms with E-state index in [1.165, 1.54) is 19.2 Å². The number of aliphatic hydroxyl groups is 1. The van der Waals surface area contributed by atoms with Crippen molar-refractivity contribution in [1.82, 2.24) is 0 Å². The average molecular weight is 363 g/mol. The van der Waals surface area contributed by atoms with Gasteiger partial charge in [-0.3, -0.25) is 0 Å². The van der Waals surface area contributed by atoms with Gasteiger partial charge in [-0.25, -0.2) is 4.39 Å². The van der Waals surface area contributed by atoms with E-state index >= 15 is 0 Å². The highest BCUT2D eigenvalue weighted by molar-refractivity contribution is 9.08. The Balaban J connectivity index is 3.15. The predicted molar refractivity (Wildman–Crippen MR) is 84.7 cm³/mol. The van der Waals surface area contributed by atoms with E-state index in [-0.39, 0.29) is 5.75 Å². The van der Waals surface area contributed by atoms with Gasteiger partial charge in [0.2, 0.25) is 0 Å². The molecule has 0 amide bonds. The zero-order valence-corrected chi connectivity index (χ0v) is 14.5. The lowest BCUT2D eigenvalue weighted by atomic mass is 9.75. The Labute approximate surface area is 133 Å². The Hall–Kier alpha value is -0.625. The fourth-order valence-electron chi connectivity index (χ4n) is 1.58. The second kappa shape index (κ2) is 6.65. The van der Waals surface area contributed by atoms with Crippen LogP contribution in [0.25, 0.3) is 0 Å². The van der Waals surface area contributed by atoms with Crippen LogP contribution in [0.5, 0.6) is 5.75 Å². The van der Waals surface area contributed by atoms with Crippen LogP contribution in [0.3, 0.4) is 0 Å². The first kappa shape index (κ1) is 18.4. The number of methoxy groups -OCH3 is 1. The quantitative estimate of drug-likeness (QED) is 0.600. The lowest BCUT2D eigenvalue weighted by Gasteiger charge is -2.38. The molecule has 0 aromatic heterocycles. The number of hydrogen-bond acceptors (Lipinski definition) is 4. The van der Waals surface area contributed by atoms with Crippen LogP contribution in [0.4, 0.5) is 4.39 Å². The Morgan fingerprint density at radius 3 is 2.29 bits per heavy atom. The summed E-state index contributed by atoms with van der Waals surface area (Å²) in [5.74, 6) is -0.238. The molecule has 4 nitrogen and oxygen atoms in total. The fourth-order valence-corrected chi connectivity index (χ4v) is 2.01. The normalized spacial score (nSPS) is 12.4. The standard InChI is InChI=1S/C14H21BBrFO4/c1-13(2,18)14(3,4)21-15(19)10-6-9(8-16)11(17)7-12(10)20-5/h6-7,18-19H,8H2,1-5H3. The molecule has 0 saturated heterocycles. The maximum atomic E-state index is 13.7. The maximum Gasteiger partial charge on any atom is 0.495 e. The van der Waals surface area contributed by atoms with Crippen LogP contribution in [0.2, 0.25) is 0 Å². The molecule has 0 radical (unpaired) electrons. The van der Waals surface area contributed by atoms with Crippen LogP contribution in [0.1, 0.15) is 33.3 Å². The Morgan fingerprint density at radius 2 is 1.86 bits per heavy atom. The van der Waals surface area contributed by atoms with Crippen molar-refractivity contribution >= 4 is 28.5 Å². The van der Waals surface area contributed by atoms with Gasteiger partial charge in [-0.1, -0.05) is 22.0 Å². The smallest absolute Gasteiger partial charge is 0.495 e. The Kier molecular flexibility index (Phi) is 5.83. The number of ether oxygens (including phenoxy) is 1. The molecule has 0 fully saturated rings. The van der Waals surface area contributed by atoms with Crippen LogP contribution < -0.4 is 10.2 Å². The minimum Gasteiger partial charge on any atom is -0.497 e. The maximum absolute atomic E-state index is 13.7. The first-order valence-corrected chi connectivity index (χ1v) is 7.66. The van der Waals surface area contributed by atoms with Gasteiger partial charge in [-0.2, -0.15) is 0 Å². The van der Waals surface area contributed by atoms with Gasteiger partial charge < -0.3 is 19.5 Å². The van der Waals surface area contributed by atoms with Crippen molar-refractivity contribution in [3.05, 3.63) is 23.5 Å². The molecule has 0 atom stereocenters. The predicted octanol–water partition coefficient (Wildman–Crippen LogP) is 1.98. The van der Waals surface area contributed by atoms with Crippen LogP contribution in [0.15, 0.2) is 12.1 Å². The van der Waals surface area contributed by atoms with Gasteiger partial charge in [-0.05, 0) is 33.3 Å². The Bertz CT molecular complexity index is 502. The topological polar surface area (TPSA) is 58.9 Å². The van der Waals surface area contributed by atoms with Gasteiger partial charge in [0, 0.05) is 16.9 Å². The average Bonchev–Trinajstić information content (AvgIpc) is 2.36. The molecule has 0 aliphatic heterocycles. The molecule has 0 spiro atoms. The summed E-state index contributed by atoms with van der Waals surface area (Å²) in [7, 11) is 0.0414. The summed E-state index contributed by atoms with van der Waals surface area (Å²) in [6.45, 7) is 6.51. The van der Waals surface area contributed by atoms with Crippen molar-refractivity contribution in [3.8, 4) is 5.75 Å². The third-order valence-corrected chi connectivity index (χ3v) is 4.29. The van der Waals surface area contributed by atoms with Crippen molar-refractivity contribution in [3.63, 3.8) is 0 Å². The molecule has 0 bridgehead atoms. The highest BCUT2D eigenvalue weighted by Crippen LogP contribution is 2.26. The minimum atomic E-state index is -1.35. The van der Waals surface area contributed by atoms with E-state index in [1.54, 1.807) is 27.7 Å². The first-order chi connectivity index (χ1) is 9.53. The molecular weight excluding hydrogens is 342 g/mol. The molecular formula is C14H21BBrFO4. The summed E-state index contributed by atoms with van der Waals surface area (Å²) in [6.07, 6.45) is 0. The van der Waals surface area contributed by atoms with Crippen molar-refractivity contribution < 1.29 is 23.9 Å². The van der Waals surface area contributed by atoms with Crippen LogP contribution >= 0.6 is 15.9 Å². The second-order valence-corrected chi connectivity index (χ2v) is 6.42. The van der Waals surface area contributed by atoms with Crippen molar-refractivity contribution in [2.45, 2.75) is 44.2 Å². The number of hydrogen-bond donors (Lipinski definition) is 2. The highest BCUT2D eigenvalue weighted by Gasteiger charge is 2.40. The molecule has 1 rings (SSSR count). The van der Waals surface area contributed by atoms with Crippen molar-refractivity contribution in [2.75, 3.05) is 7.11 Å². The number of benzene rings is 1. The highest BCUT2D eigenvalue weighted by atomic mass is 79.9. The summed E-state index contributed by atoms with van der Waals surface area (Å²) >= 11 is 3.19. The molecule has 1 aromatic carbocycles. The Morgan fingerprint density at radius 1 is 1.29 bits per heavy atom. The zero-order chi connectivity index (χ0) is 16.4. The van der Waals surface area contributed by atoms with E-state index < -0.39 is 24.1 Å². The largest absolute Gasteiger partial charge is 0.497 e. The summed E-state index contributed by atoms with van der Waals surface area (Å²) in [5, 5.41) is 20.7. The number of halogens is 2. The van der Waals surface area contributed by atoms with Gasteiger partial charge in [0.1, 0.15) is 11.6 Å². The third kappa shape index (κ3) is 4.19. The van der Waals surface area contributed by atoms with E-state index in [9.17, 15) is 14.5 Å². The van der Waals surface area contributed by atoms with E-state index in [2.05, 4.69) is 15.9 Å². The number of alkyl halides is 1. The van der Waals surface area contributed by atoms with Gasteiger partial charge in [0.05, 0.1) is 18.3 Å². The monoisotopic (exact) mass is 362 g/mol. The lowest BCUT2D eigenvalue weighted by Crippen LogP contribution is -2.53. The van der Waals surface area contributed by atoms with E-state index in [0.717, 1.165) is 0 Å². The molecule has 0 aliphatic rings. The summed E-state index contributed by atoms with van der Waals surface area (Å²) in [4.78, 5) is 0. The molecule has 7 heteroatoms. The molecule has 21 heavy (non-hydrogen) atoms. The van der Waals surface area contributed by atoms with Gasteiger partial charge >= 0.3 is 7.12 Å². The summed E-state index contributed by atoms with van der Waals surface area (Å²) in [5.41, 5.74) is -1.49. The molecule has 2 N–H and O–H groups in total. The SMILES string of the molecule is COc1cc(F)c(CBr)cc1B(O)OC(C)(C)C(C)(C)O. The van der Waals surface area contributed by atoms with E-state index in [0.29, 0.717) is 16.4 Å². The molecule has 0 unspecified atom stereocenters. The van der Waals surface area contributed by atoms with E-state index in [4.69, 9.17) is 9.39 Å². The molecule has 0 aliphatic carbocycles. The van der Waals surface area contributed by atoms with Crippen LogP contribution in [-0.2, 0) is 9.98 Å². The molecule has 118 valence electrons. The second-order valence-electron chi connectivity index (χ2n) is 5.86. The van der Waals surface area contributed by atoms with Crippen LogP contribution in [-0.4, -0.2) is 35.6 Å². The van der Waals surface area contributed by atoms with Crippen LogP contribution in [0, 0.1) is 5.82 Å². The number of rotatable bonds is 6. The van der Waals surface area contributed by atoms with Gasteiger partial charge in [0.25, 0.3) is 0 Å². The lowest BCUT2D eigenvalue weighted by molar-refractivity contribution is -0.0983. The summed E-state index contributed by atoms with van der Waals surface area (Å²) < 4.78 is 24.4. The van der Waals surface area contributed by atoms with Gasteiger partial charge in [0.15, 0.2) is 0 Å². The summed E-state index contributed by atoms with van der Waals surface area (Å²) in [6, 6.07) is 2.68. The molecule has 1 aromatic rings. The van der Waals surface area contributed by atoms with Crippen molar-refractivity contribution in [2.24, 2.45) is 0 Å². The zero-order valence-electron chi connectivity index (χ0n) is 12.9. The van der Waals surface area contributed by atoms with Gasteiger partial charge in [-0.15, -0.1) is 0 Å². The first-order valence-electron chi connectivity index (χ1n) is 6.54. The van der Waals surface area contributed by atoms with Crippen molar-refractivity contribution in [1.29, 1.82) is 0 Å².